The maximum absolute atomic E-state index is 11.1. The van der Waals surface area contributed by atoms with Gasteiger partial charge in [0.15, 0.2) is 0 Å². The van der Waals surface area contributed by atoms with E-state index >= 15 is 0 Å². The second-order valence-corrected chi connectivity index (χ2v) is 6.03. The fourth-order valence-corrected chi connectivity index (χ4v) is 3.37. The van der Waals surface area contributed by atoms with Crippen molar-refractivity contribution in [3.8, 4) is 0 Å². The highest BCUT2D eigenvalue weighted by molar-refractivity contribution is 7.86. The minimum Gasteiger partial charge on any atom is -0.314 e. The van der Waals surface area contributed by atoms with E-state index in [2.05, 4.69) is 5.32 Å². The summed E-state index contributed by atoms with van der Waals surface area (Å²) in [5.74, 6) is 0.630. The fourth-order valence-electron chi connectivity index (χ4n) is 2.65. The number of hydrogen-bond donors (Lipinski definition) is 2. The van der Waals surface area contributed by atoms with Gasteiger partial charge in [-0.2, -0.15) is 12.7 Å². The Morgan fingerprint density at radius 1 is 1.20 bits per heavy atom. The van der Waals surface area contributed by atoms with Crippen molar-refractivity contribution >= 4 is 10.2 Å². The Morgan fingerprint density at radius 2 is 1.87 bits per heavy atom. The van der Waals surface area contributed by atoms with Crippen LogP contribution in [0.2, 0.25) is 0 Å². The molecule has 0 radical (unpaired) electrons. The van der Waals surface area contributed by atoms with Gasteiger partial charge in [0.25, 0.3) is 10.2 Å². The van der Waals surface area contributed by atoms with Crippen LogP contribution >= 0.6 is 0 Å². The molecule has 2 aliphatic rings. The number of rotatable bonds is 2. The van der Waals surface area contributed by atoms with Crippen molar-refractivity contribution in [2.75, 3.05) is 19.6 Å². The van der Waals surface area contributed by atoms with E-state index in [0.717, 1.165) is 19.4 Å². The van der Waals surface area contributed by atoms with Crippen LogP contribution < -0.4 is 10.5 Å². The van der Waals surface area contributed by atoms with E-state index < -0.39 is 10.2 Å². The summed E-state index contributed by atoms with van der Waals surface area (Å²) >= 11 is 0. The van der Waals surface area contributed by atoms with Crippen molar-refractivity contribution in [1.82, 2.24) is 9.62 Å². The van der Waals surface area contributed by atoms with Gasteiger partial charge < -0.3 is 5.32 Å². The average molecular weight is 233 g/mol. The van der Waals surface area contributed by atoms with Crippen molar-refractivity contribution in [1.29, 1.82) is 0 Å². The third-order valence-corrected chi connectivity index (χ3v) is 4.61. The largest absolute Gasteiger partial charge is 0.314 e. The minimum absolute atomic E-state index is 0.585. The minimum atomic E-state index is -3.46. The summed E-state index contributed by atoms with van der Waals surface area (Å²) in [5, 5.41) is 8.57. The molecule has 0 saturated carbocycles. The molecule has 0 spiro atoms. The van der Waals surface area contributed by atoms with Crippen molar-refractivity contribution in [3.05, 3.63) is 0 Å². The second-order valence-electron chi connectivity index (χ2n) is 4.48. The van der Waals surface area contributed by atoms with Crippen LogP contribution in [0.1, 0.15) is 25.7 Å². The molecule has 2 heterocycles. The first-order chi connectivity index (χ1) is 7.07. The van der Waals surface area contributed by atoms with E-state index in [4.69, 9.17) is 5.14 Å². The van der Waals surface area contributed by atoms with Gasteiger partial charge in [-0.25, -0.2) is 5.14 Å². The predicted molar refractivity (Wildman–Crippen MR) is 58.4 cm³/mol. The summed E-state index contributed by atoms with van der Waals surface area (Å²) in [5.41, 5.74) is 0. The highest BCUT2D eigenvalue weighted by Gasteiger charge is 2.31. The normalized spacial score (nSPS) is 30.9. The molecule has 0 aromatic carbocycles. The quantitative estimate of drug-likeness (QED) is 0.685. The molecule has 2 saturated heterocycles. The van der Waals surface area contributed by atoms with Crippen LogP contribution in [-0.4, -0.2) is 38.4 Å². The van der Waals surface area contributed by atoms with Crippen LogP contribution in [0.15, 0.2) is 0 Å². The van der Waals surface area contributed by atoms with Crippen LogP contribution in [-0.2, 0) is 10.2 Å². The second kappa shape index (κ2) is 4.37. The Bertz CT molecular complexity index is 303. The maximum atomic E-state index is 11.1. The van der Waals surface area contributed by atoms with Crippen LogP contribution in [0, 0.1) is 5.92 Å². The van der Waals surface area contributed by atoms with E-state index in [9.17, 15) is 8.42 Å². The summed E-state index contributed by atoms with van der Waals surface area (Å²) in [6.45, 7) is 2.28. The van der Waals surface area contributed by atoms with Gasteiger partial charge >= 0.3 is 0 Å². The molecular formula is C9H19N3O2S. The number of piperidine rings is 1. The number of nitrogens with zero attached hydrogens (tertiary/aromatic N) is 1. The lowest BCUT2D eigenvalue weighted by Gasteiger charge is -2.33. The van der Waals surface area contributed by atoms with Crippen molar-refractivity contribution < 1.29 is 8.42 Å². The van der Waals surface area contributed by atoms with Gasteiger partial charge in [0.2, 0.25) is 0 Å². The van der Waals surface area contributed by atoms with Crippen molar-refractivity contribution in [3.63, 3.8) is 0 Å². The molecular weight excluding hydrogens is 214 g/mol. The van der Waals surface area contributed by atoms with Crippen molar-refractivity contribution in [2.24, 2.45) is 11.1 Å². The molecule has 3 N–H and O–H groups in total. The molecule has 2 rings (SSSR count). The number of hydrogen-bond acceptors (Lipinski definition) is 3. The molecule has 5 nitrogen and oxygen atoms in total. The molecule has 0 amide bonds. The predicted octanol–water partition coefficient (Wildman–Crippen LogP) is -0.346. The third-order valence-electron chi connectivity index (χ3n) is 3.53. The molecule has 0 aliphatic carbocycles. The standard InChI is InChI=1S/C9H19N3O2S/c10-15(13,14)12-6-3-8(4-7-12)9-2-1-5-11-9/h8-9,11H,1-7H2,(H2,10,13,14). The average Bonchev–Trinajstić information content (AvgIpc) is 2.69. The molecule has 6 heteroatoms. The maximum Gasteiger partial charge on any atom is 0.276 e. The zero-order chi connectivity index (χ0) is 10.9. The molecule has 2 aliphatic heterocycles. The van der Waals surface area contributed by atoms with E-state index in [0.29, 0.717) is 25.0 Å². The van der Waals surface area contributed by atoms with Crippen LogP contribution in [0.4, 0.5) is 0 Å². The monoisotopic (exact) mass is 233 g/mol. The first-order valence-electron chi connectivity index (χ1n) is 5.58. The van der Waals surface area contributed by atoms with Gasteiger partial charge in [0, 0.05) is 19.1 Å². The molecule has 2 fully saturated rings. The van der Waals surface area contributed by atoms with E-state index in [-0.39, 0.29) is 0 Å². The summed E-state index contributed by atoms with van der Waals surface area (Å²) < 4.78 is 23.6. The van der Waals surface area contributed by atoms with Gasteiger partial charge in [-0.05, 0) is 38.1 Å². The molecule has 1 unspecified atom stereocenters. The Hall–Kier alpha value is -0.170. The molecule has 1 atom stereocenters. The SMILES string of the molecule is NS(=O)(=O)N1CCC(C2CCCN2)CC1. The van der Waals surface area contributed by atoms with Crippen LogP contribution in [0.5, 0.6) is 0 Å². The molecule has 0 bridgehead atoms. The topological polar surface area (TPSA) is 75.4 Å². The first-order valence-corrected chi connectivity index (χ1v) is 7.09. The molecule has 0 aromatic heterocycles. The van der Waals surface area contributed by atoms with Crippen LogP contribution in [0.25, 0.3) is 0 Å². The Morgan fingerprint density at radius 3 is 2.33 bits per heavy atom. The van der Waals surface area contributed by atoms with E-state index in [1.54, 1.807) is 0 Å². The van der Waals surface area contributed by atoms with Gasteiger partial charge in [0.1, 0.15) is 0 Å². The third kappa shape index (κ3) is 2.69. The molecule has 15 heavy (non-hydrogen) atoms. The smallest absolute Gasteiger partial charge is 0.276 e. The fraction of sp³-hybridized carbons (Fsp3) is 1.00. The number of nitrogens with one attached hydrogen (secondary N) is 1. The van der Waals surface area contributed by atoms with Gasteiger partial charge in [-0.3, -0.25) is 0 Å². The van der Waals surface area contributed by atoms with Crippen LogP contribution in [0.3, 0.4) is 0 Å². The van der Waals surface area contributed by atoms with Gasteiger partial charge in [-0.15, -0.1) is 0 Å². The zero-order valence-electron chi connectivity index (χ0n) is 8.85. The lowest BCUT2D eigenvalue weighted by molar-refractivity contribution is 0.234. The highest BCUT2D eigenvalue weighted by atomic mass is 32.2. The highest BCUT2D eigenvalue weighted by Crippen LogP contribution is 2.25. The summed E-state index contributed by atoms with van der Waals surface area (Å²) in [4.78, 5) is 0. The van der Waals surface area contributed by atoms with Gasteiger partial charge in [0.05, 0.1) is 0 Å². The van der Waals surface area contributed by atoms with Gasteiger partial charge in [-0.1, -0.05) is 0 Å². The number of nitrogens with two attached hydrogens (primary N) is 1. The van der Waals surface area contributed by atoms with E-state index in [1.165, 1.54) is 17.1 Å². The molecule has 88 valence electrons. The Kier molecular flexibility index (Phi) is 3.30. The summed E-state index contributed by atoms with van der Waals surface area (Å²) in [6, 6.07) is 0.604. The lowest BCUT2D eigenvalue weighted by Crippen LogP contribution is -2.45. The van der Waals surface area contributed by atoms with Crippen molar-refractivity contribution in [2.45, 2.75) is 31.7 Å². The summed E-state index contributed by atoms with van der Waals surface area (Å²) in [7, 11) is -3.46. The van der Waals surface area contributed by atoms with E-state index in [1.807, 2.05) is 0 Å². The lowest BCUT2D eigenvalue weighted by atomic mass is 9.89. The Labute approximate surface area is 91.2 Å². The summed E-state index contributed by atoms with van der Waals surface area (Å²) in [6.07, 6.45) is 4.36. The zero-order valence-corrected chi connectivity index (χ0v) is 9.67. The first kappa shape index (κ1) is 11.3. The molecule has 0 aromatic rings. The Balaban J connectivity index is 1.86.